The minimum atomic E-state index is 0.285. The molecule has 0 spiro atoms. The molecule has 13 heavy (non-hydrogen) atoms. The zero-order chi connectivity index (χ0) is 10.0. The van der Waals surface area contributed by atoms with Crippen LogP contribution in [0.25, 0.3) is 0 Å². The highest BCUT2D eigenvalue weighted by atomic mass is 15.2. The van der Waals surface area contributed by atoms with Gasteiger partial charge in [-0.25, -0.2) is 0 Å². The van der Waals surface area contributed by atoms with Gasteiger partial charge in [-0.05, 0) is 39.5 Å². The van der Waals surface area contributed by atoms with Gasteiger partial charge in [0, 0.05) is 24.7 Å². The fraction of sp³-hybridized carbons (Fsp3) is 1.00. The SMILES string of the molecule is CC1CCC(C)N(C(C)C(C)N)C1. The van der Waals surface area contributed by atoms with Gasteiger partial charge in [0.15, 0.2) is 0 Å². The van der Waals surface area contributed by atoms with Crippen LogP contribution in [0.15, 0.2) is 0 Å². The van der Waals surface area contributed by atoms with Crippen molar-refractivity contribution in [2.45, 2.75) is 58.7 Å². The summed E-state index contributed by atoms with van der Waals surface area (Å²) in [6, 6.07) is 1.53. The Morgan fingerprint density at radius 1 is 1.23 bits per heavy atom. The Labute approximate surface area is 82.5 Å². The molecule has 1 rings (SSSR count). The maximum atomic E-state index is 5.93. The summed E-state index contributed by atoms with van der Waals surface area (Å²) in [6.45, 7) is 10.2. The van der Waals surface area contributed by atoms with Crippen LogP contribution in [0.4, 0.5) is 0 Å². The fourth-order valence-corrected chi connectivity index (χ4v) is 2.19. The first-order valence-electron chi connectivity index (χ1n) is 5.53. The molecule has 1 heterocycles. The van der Waals surface area contributed by atoms with Crippen molar-refractivity contribution in [2.75, 3.05) is 6.54 Å². The van der Waals surface area contributed by atoms with Gasteiger partial charge < -0.3 is 5.73 Å². The zero-order valence-corrected chi connectivity index (χ0v) is 9.46. The Bertz CT molecular complexity index is 156. The smallest absolute Gasteiger partial charge is 0.0219 e. The van der Waals surface area contributed by atoms with E-state index in [2.05, 4.69) is 32.6 Å². The van der Waals surface area contributed by atoms with E-state index in [1.54, 1.807) is 0 Å². The van der Waals surface area contributed by atoms with Crippen LogP contribution >= 0.6 is 0 Å². The topological polar surface area (TPSA) is 29.3 Å². The van der Waals surface area contributed by atoms with E-state index in [1.165, 1.54) is 19.4 Å². The van der Waals surface area contributed by atoms with E-state index in [0.29, 0.717) is 6.04 Å². The third-order valence-electron chi connectivity index (χ3n) is 3.45. The fourth-order valence-electron chi connectivity index (χ4n) is 2.19. The van der Waals surface area contributed by atoms with Crippen molar-refractivity contribution in [1.29, 1.82) is 0 Å². The Morgan fingerprint density at radius 2 is 1.85 bits per heavy atom. The number of piperidine rings is 1. The number of likely N-dealkylation sites (tertiary alicyclic amines) is 1. The average molecular weight is 184 g/mol. The normalized spacial score (nSPS) is 35.8. The van der Waals surface area contributed by atoms with Crippen LogP contribution in [-0.2, 0) is 0 Å². The summed E-state index contributed by atoms with van der Waals surface area (Å²) < 4.78 is 0. The third-order valence-corrected chi connectivity index (χ3v) is 3.45. The van der Waals surface area contributed by atoms with Gasteiger partial charge in [0.1, 0.15) is 0 Å². The lowest BCUT2D eigenvalue weighted by atomic mass is 9.92. The van der Waals surface area contributed by atoms with Gasteiger partial charge >= 0.3 is 0 Å². The van der Waals surface area contributed by atoms with Crippen LogP contribution in [0.2, 0.25) is 0 Å². The van der Waals surface area contributed by atoms with Gasteiger partial charge in [0.05, 0.1) is 0 Å². The monoisotopic (exact) mass is 184 g/mol. The molecule has 4 atom stereocenters. The second-order valence-corrected chi connectivity index (χ2v) is 4.83. The van der Waals surface area contributed by atoms with Gasteiger partial charge in [-0.2, -0.15) is 0 Å². The van der Waals surface area contributed by atoms with Gasteiger partial charge in [0.25, 0.3) is 0 Å². The first-order chi connectivity index (χ1) is 6.02. The van der Waals surface area contributed by atoms with E-state index in [-0.39, 0.29) is 6.04 Å². The molecule has 2 nitrogen and oxygen atoms in total. The number of hydrogen-bond donors (Lipinski definition) is 1. The predicted octanol–water partition coefficient (Wildman–Crippen LogP) is 1.84. The Balaban J connectivity index is 2.54. The molecule has 2 N–H and O–H groups in total. The molecule has 0 bridgehead atoms. The van der Waals surface area contributed by atoms with Crippen LogP contribution < -0.4 is 5.73 Å². The minimum absolute atomic E-state index is 0.285. The van der Waals surface area contributed by atoms with E-state index in [9.17, 15) is 0 Å². The van der Waals surface area contributed by atoms with Crippen molar-refractivity contribution < 1.29 is 0 Å². The van der Waals surface area contributed by atoms with Crippen molar-refractivity contribution in [3.05, 3.63) is 0 Å². The molecule has 1 saturated heterocycles. The first-order valence-corrected chi connectivity index (χ1v) is 5.53. The Morgan fingerprint density at radius 3 is 2.38 bits per heavy atom. The summed E-state index contributed by atoms with van der Waals surface area (Å²) in [5.41, 5.74) is 5.93. The molecule has 78 valence electrons. The molecule has 0 amide bonds. The van der Waals surface area contributed by atoms with E-state index in [1.807, 2.05) is 0 Å². The van der Waals surface area contributed by atoms with Gasteiger partial charge in [-0.3, -0.25) is 4.90 Å². The standard InChI is InChI=1S/C11H24N2/c1-8-5-6-9(2)13(7-8)11(4)10(3)12/h8-11H,5-7,12H2,1-4H3. The quantitative estimate of drug-likeness (QED) is 0.709. The van der Waals surface area contributed by atoms with Gasteiger partial charge in [-0.15, -0.1) is 0 Å². The summed E-state index contributed by atoms with van der Waals surface area (Å²) in [5, 5.41) is 0. The molecule has 0 aromatic rings. The maximum Gasteiger partial charge on any atom is 0.0219 e. The van der Waals surface area contributed by atoms with Crippen molar-refractivity contribution >= 4 is 0 Å². The summed E-state index contributed by atoms with van der Waals surface area (Å²) in [4.78, 5) is 2.57. The highest BCUT2D eigenvalue weighted by Gasteiger charge is 2.27. The predicted molar refractivity (Wildman–Crippen MR) is 57.7 cm³/mol. The number of rotatable bonds is 2. The molecular formula is C11H24N2. The zero-order valence-electron chi connectivity index (χ0n) is 9.46. The third kappa shape index (κ3) is 2.68. The Kier molecular flexibility index (Phi) is 3.74. The molecule has 1 aliphatic rings. The number of hydrogen-bond acceptors (Lipinski definition) is 2. The highest BCUT2D eigenvalue weighted by molar-refractivity contribution is 4.84. The maximum absolute atomic E-state index is 5.93. The van der Waals surface area contributed by atoms with E-state index < -0.39 is 0 Å². The molecule has 0 saturated carbocycles. The van der Waals surface area contributed by atoms with Crippen LogP contribution in [0.5, 0.6) is 0 Å². The summed E-state index contributed by atoms with van der Waals surface area (Å²) in [5.74, 6) is 0.845. The summed E-state index contributed by atoms with van der Waals surface area (Å²) >= 11 is 0. The van der Waals surface area contributed by atoms with E-state index in [4.69, 9.17) is 5.73 Å². The van der Waals surface area contributed by atoms with Crippen molar-refractivity contribution in [3.63, 3.8) is 0 Å². The summed E-state index contributed by atoms with van der Waals surface area (Å²) in [6.07, 6.45) is 2.71. The molecule has 0 aliphatic carbocycles. The first kappa shape index (κ1) is 11.0. The molecular weight excluding hydrogens is 160 g/mol. The Hall–Kier alpha value is -0.0800. The second-order valence-electron chi connectivity index (χ2n) is 4.83. The van der Waals surface area contributed by atoms with Crippen molar-refractivity contribution in [2.24, 2.45) is 11.7 Å². The van der Waals surface area contributed by atoms with Crippen molar-refractivity contribution in [1.82, 2.24) is 4.90 Å². The van der Waals surface area contributed by atoms with Crippen LogP contribution in [0.1, 0.15) is 40.5 Å². The lowest BCUT2D eigenvalue weighted by molar-refractivity contribution is 0.0751. The van der Waals surface area contributed by atoms with Gasteiger partial charge in [-0.1, -0.05) is 6.92 Å². The molecule has 0 aromatic heterocycles. The van der Waals surface area contributed by atoms with Crippen LogP contribution in [-0.4, -0.2) is 29.6 Å². The number of nitrogens with zero attached hydrogens (tertiary/aromatic N) is 1. The molecule has 0 radical (unpaired) electrons. The molecule has 4 unspecified atom stereocenters. The van der Waals surface area contributed by atoms with Crippen molar-refractivity contribution in [3.8, 4) is 0 Å². The van der Waals surface area contributed by atoms with Gasteiger partial charge in [0.2, 0.25) is 0 Å². The van der Waals surface area contributed by atoms with E-state index >= 15 is 0 Å². The minimum Gasteiger partial charge on any atom is -0.327 e. The summed E-state index contributed by atoms with van der Waals surface area (Å²) in [7, 11) is 0. The second kappa shape index (κ2) is 4.43. The lowest BCUT2D eigenvalue weighted by Crippen LogP contribution is -2.52. The molecule has 1 aliphatic heterocycles. The lowest BCUT2D eigenvalue weighted by Gasteiger charge is -2.42. The average Bonchev–Trinajstić information content (AvgIpc) is 2.08. The highest BCUT2D eigenvalue weighted by Crippen LogP contribution is 2.23. The largest absolute Gasteiger partial charge is 0.327 e. The molecule has 2 heteroatoms. The van der Waals surface area contributed by atoms with Crippen LogP contribution in [0.3, 0.4) is 0 Å². The van der Waals surface area contributed by atoms with E-state index in [0.717, 1.165) is 12.0 Å². The molecule has 0 aromatic carbocycles. The van der Waals surface area contributed by atoms with Crippen LogP contribution in [0, 0.1) is 5.92 Å². The molecule has 1 fully saturated rings. The number of nitrogens with two attached hydrogens (primary N) is 1.